The van der Waals surface area contributed by atoms with E-state index in [2.05, 4.69) is 4.72 Å². The SMILES string of the molecule is COc1cc(Cl)c(C)cc1N(CCNS(C)(=O)=O)C(C)=O. The van der Waals surface area contributed by atoms with Gasteiger partial charge in [-0.05, 0) is 18.6 Å². The van der Waals surface area contributed by atoms with Crippen LogP contribution in [0.1, 0.15) is 12.5 Å². The second-order valence-electron chi connectivity index (χ2n) is 4.61. The highest BCUT2D eigenvalue weighted by Crippen LogP contribution is 2.33. The van der Waals surface area contributed by atoms with Crippen LogP contribution < -0.4 is 14.4 Å². The first-order valence-corrected chi connectivity index (χ1v) is 8.49. The third kappa shape index (κ3) is 5.18. The Bertz CT molecular complexity index is 631. The van der Waals surface area contributed by atoms with Crippen molar-refractivity contribution in [1.82, 2.24) is 4.72 Å². The van der Waals surface area contributed by atoms with Gasteiger partial charge in [0.25, 0.3) is 0 Å². The van der Waals surface area contributed by atoms with Gasteiger partial charge in [-0.3, -0.25) is 4.79 Å². The third-order valence-electron chi connectivity index (χ3n) is 2.83. The number of amides is 1. The van der Waals surface area contributed by atoms with Crippen molar-refractivity contribution in [2.24, 2.45) is 0 Å². The second-order valence-corrected chi connectivity index (χ2v) is 6.85. The number of aryl methyl sites for hydroxylation is 1. The number of sulfonamides is 1. The molecule has 1 amide bonds. The summed E-state index contributed by atoms with van der Waals surface area (Å²) in [5, 5.41) is 0.536. The van der Waals surface area contributed by atoms with Gasteiger partial charge in [-0.25, -0.2) is 13.1 Å². The van der Waals surface area contributed by atoms with Gasteiger partial charge in [0.15, 0.2) is 0 Å². The number of carbonyl (C=O) groups is 1. The molecule has 0 aromatic heterocycles. The molecular formula is C13H19ClN2O4S. The number of rotatable bonds is 6. The highest BCUT2D eigenvalue weighted by Gasteiger charge is 2.18. The van der Waals surface area contributed by atoms with Gasteiger partial charge in [0.1, 0.15) is 5.75 Å². The van der Waals surface area contributed by atoms with Gasteiger partial charge in [-0.2, -0.15) is 0 Å². The van der Waals surface area contributed by atoms with E-state index < -0.39 is 10.0 Å². The number of ether oxygens (including phenoxy) is 1. The van der Waals surface area contributed by atoms with E-state index in [1.807, 2.05) is 6.92 Å². The number of hydrogen-bond acceptors (Lipinski definition) is 4. The topological polar surface area (TPSA) is 75.7 Å². The van der Waals surface area contributed by atoms with E-state index in [1.54, 1.807) is 12.1 Å². The van der Waals surface area contributed by atoms with E-state index >= 15 is 0 Å². The Morgan fingerprint density at radius 3 is 2.52 bits per heavy atom. The molecule has 1 N–H and O–H groups in total. The molecular weight excluding hydrogens is 316 g/mol. The minimum atomic E-state index is -3.30. The molecule has 0 bridgehead atoms. The fourth-order valence-electron chi connectivity index (χ4n) is 1.81. The van der Waals surface area contributed by atoms with Crippen LogP contribution >= 0.6 is 11.6 Å². The molecule has 0 atom stereocenters. The summed E-state index contributed by atoms with van der Waals surface area (Å²) in [5.41, 5.74) is 1.36. The largest absolute Gasteiger partial charge is 0.495 e. The fraction of sp³-hybridized carbons (Fsp3) is 0.462. The fourth-order valence-corrected chi connectivity index (χ4v) is 2.43. The minimum absolute atomic E-state index is 0.114. The predicted molar refractivity (Wildman–Crippen MR) is 83.6 cm³/mol. The van der Waals surface area contributed by atoms with Crippen LogP contribution in [0.4, 0.5) is 5.69 Å². The van der Waals surface area contributed by atoms with Gasteiger partial charge in [-0.1, -0.05) is 11.6 Å². The monoisotopic (exact) mass is 334 g/mol. The lowest BCUT2D eigenvalue weighted by Gasteiger charge is -2.24. The summed E-state index contributed by atoms with van der Waals surface area (Å²) in [6, 6.07) is 3.37. The molecule has 0 saturated carbocycles. The Labute approximate surface area is 130 Å². The van der Waals surface area contributed by atoms with Crippen LogP contribution in [0.15, 0.2) is 12.1 Å². The standard InChI is InChI=1S/C13H19ClN2O4S/c1-9-7-12(13(20-3)8-11(9)14)16(10(2)17)6-5-15-21(4,18)19/h7-8,15H,5-6H2,1-4H3. The Morgan fingerprint density at radius 2 is 2.05 bits per heavy atom. The maximum absolute atomic E-state index is 11.8. The summed E-state index contributed by atoms with van der Waals surface area (Å²) in [4.78, 5) is 13.3. The Hall–Kier alpha value is -1.31. The quantitative estimate of drug-likeness (QED) is 0.856. The molecule has 0 heterocycles. The molecule has 0 aliphatic heterocycles. The van der Waals surface area contributed by atoms with Crippen LogP contribution in [-0.2, 0) is 14.8 Å². The van der Waals surface area contributed by atoms with Crippen LogP contribution in [-0.4, -0.2) is 40.8 Å². The van der Waals surface area contributed by atoms with Crippen molar-refractivity contribution >= 4 is 33.2 Å². The van der Waals surface area contributed by atoms with Crippen LogP contribution in [0.3, 0.4) is 0 Å². The van der Waals surface area contributed by atoms with Crippen LogP contribution in [0.25, 0.3) is 0 Å². The first-order chi connectivity index (χ1) is 9.65. The average Bonchev–Trinajstić information content (AvgIpc) is 2.36. The lowest BCUT2D eigenvalue weighted by Crippen LogP contribution is -2.37. The summed E-state index contributed by atoms with van der Waals surface area (Å²) < 4.78 is 29.8. The molecule has 6 nitrogen and oxygen atoms in total. The van der Waals surface area contributed by atoms with Gasteiger partial charge in [0, 0.05) is 31.1 Å². The lowest BCUT2D eigenvalue weighted by molar-refractivity contribution is -0.116. The van der Waals surface area contributed by atoms with Gasteiger partial charge in [-0.15, -0.1) is 0 Å². The maximum atomic E-state index is 11.8. The summed E-state index contributed by atoms with van der Waals surface area (Å²) in [6.07, 6.45) is 1.07. The maximum Gasteiger partial charge on any atom is 0.224 e. The third-order valence-corrected chi connectivity index (χ3v) is 3.97. The van der Waals surface area contributed by atoms with Gasteiger partial charge in [0.05, 0.1) is 19.1 Å². The molecule has 0 aliphatic rings. The van der Waals surface area contributed by atoms with E-state index in [1.165, 1.54) is 18.9 Å². The molecule has 0 radical (unpaired) electrons. The van der Waals surface area contributed by atoms with Gasteiger partial charge < -0.3 is 9.64 Å². The van der Waals surface area contributed by atoms with Gasteiger partial charge in [0.2, 0.25) is 15.9 Å². The van der Waals surface area contributed by atoms with E-state index in [0.29, 0.717) is 16.5 Å². The normalized spacial score (nSPS) is 11.3. The predicted octanol–water partition coefficient (Wildman–Crippen LogP) is 1.56. The number of nitrogens with one attached hydrogen (secondary N) is 1. The smallest absolute Gasteiger partial charge is 0.224 e. The molecule has 1 aromatic rings. The summed E-state index contributed by atoms with van der Waals surface area (Å²) >= 11 is 6.04. The Kier molecular flexibility index (Phi) is 6.00. The molecule has 0 aliphatic carbocycles. The average molecular weight is 335 g/mol. The first kappa shape index (κ1) is 17.7. The number of methoxy groups -OCH3 is 1. The summed E-state index contributed by atoms with van der Waals surface area (Å²) in [6.45, 7) is 3.53. The number of anilines is 1. The molecule has 21 heavy (non-hydrogen) atoms. The van der Waals surface area contributed by atoms with E-state index in [0.717, 1.165) is 11.8 Å². The number of carbonyl (C=O) groups excluding carboxylic acids is 1. The highest BCUT2D eigenvalue weighted by molar-refractivity contribution is 7.88. The van der Waals surface area contributed by atoms with Crippen LogP contribution in [0, 0.1) is 6.92 Å². The molecule has 0 saturated heterocycles. The molecule has 1 aromatic carbocycles. The zero-order valence-electron chi connectivity index (χ0n) is 12.4. The summed E-state index contributed by atoms with van der Waals surface area (Å²) in [5.74, 6) is 0.241. The van der Waals surface area contributed by atoms with Crippen LogP contribution in [0.2, 0.25) is 5.02 Å². The van der Waals surface area contributed by atoms with Crippen LogP contribution in [0.5, 0.6) is 5.75 Å². The summed E-state index contributed by atoms with van der Waals surface area (Å²) in [7, 11) is -1.81. The van der Waals surface area contributed by atoms with Crippen molar-refractivity contribution in [1.29, 1.82) is 0 Å². The first-order valence-electron chi connectivity index (χ1n) is 6.22. The molecule has 118 valence electrons. The Balaban J connectivity index is 3.06. The number of hydrogen-bond donors (Lipinski definition) is 1. The van der Waals surface area contributed by atoms with Crippen molar-refractivity contribution < 1.29 is 17.9 Å². The number of nitrogens with zero attached hydrogens (tertiary/aromatic N) is 1. The highest BCUT2D eigenvalue weighted by atomic mass is 35.5. The molecule has 0 unspecified atom stereocenters. The van der Waals surface area contributed by atoms with Crippen molar-refractivity contribution in [3.63, 3.8) is 0 Å². The van der Waals surface area contributed by atoms with Crippen molar-refractivity contribution in [2.75, 3.05) is 31.4 Å². The Morgan fingerprint density at radius 1 is 1.43 bits per heavy atom. The van der Waals surface area contributed by atoms with E-state index in [-0.39, 0.29) is 19.0 Å². The minimum Gasteiger partial charge on any atom is -0.495 e. The van der Waals surface area contributed by atoms with Gasteiger partial charge >= 0.3 is 0 Å². The second kappa shape index (κ2) is 7.11. The van der Waals surface area contributed by atoms with E-state index in [4.69, 9.17) is 16.3 Å². The molecule has 0 fully saturated rings. The van der Waals surface area contributed by atoms with Crippen molar-refractivity contribution in [3.8, 4) is 5.75 Å². The van der Waals surface area contributed by atoms with E-state index in [9.17, 15) is 13.2 Å². The van der Waals surface area contributed by atoms with Crippen molar-refractivity contribution in [3.05, 3.63) is 22.7 Å². The number of halogens is 1. The zero-order chi connectivity index (χ0) is 16.2. The zero-order valence-corrected chi connectivity index (χ0v) is 14.0. The van der Waals surface area contributed by atoms with Crippen molar-refractivity contribution in [2.45, 2.75) is 13.8 Å². The molecule has 0 spiro atoms. The lowest BCUT2D eigenvalue weighted by atomic mass is 10.2. The molecule has 8 heteroatoms. The number of benzene rings is 1. The molecule has 1 rings (SSSR count).